The van der Waals surface area contributed by atoms with Gasteiger partial charge >= 0.3 is 0 Å². The fourth-order valence-electron chi connectivity index (χ4n) is 13.6. The van der Waals surface area contributed by atoms with E-state index in [1.807, 2.05) is 0 Å². The number of rotatable bonds is 9. The van der Waals surface area contributed by atoms with Crippen molar-refractivity contribution >= 4 is 43.6 Å². The third-order valence-corrected chi connectivity index (χ3v) is 17.2. The third-order valence-electron chi connectivity index (χ3n) is 17.2. The lowest BCUT2D eigenvalue weighted by Gasteiger charge is -2.34. The van der Waals surface area contributed by atoms with Gasteiger partial charge in [-0.15, -0.1) is 0 Å². The monoisotopic (exact) mass is 1030 g/mol. The van der Waals surface area contributed by atoms with E-state index in [1.165, 1.54) is 138 Å². The van der Waals surface area contributed by atoms with Gasteiger partial charge in [-0.2, -0.15) is 0 Å². The van der Waals surface area contributed by atoms with Crippen molar-refractivity contribution in [3.8, 4) is 78.1 Å². The number of hydrogen-bond donors (Lipinski definition) is 0. The molecule has 0 saturated carbocycles. The van der Waals surface area contributed by atoms with Crippen molar-refractivity contribution in [2.75, 3.05) is 0 Å². The number of para-hydroxylation sites is 3. The maximum absolute atomic E-state index is 2.44. The summed E-state index contributed by atoms with van der Waals surface area (Å²) in [6.45, 7) is 0. The predicted molar refractivity (Wildman–Crippen MR) is 340 cm³/mol. The number of benzene rings is 13. The average molecular weight is 1030 g/mol. The smallest absolute Gasteiger partial charge is 0.0713 e. The lowest BCUT2D eigenvalue weighted by Crippen LogP contribution is -2.28. The van der Waals surface area contributed by atoms with E-state index in [2.05, 4.69) is 325 Å². The van der Waals surface area contributed by atoms with Gasteiger partial charge < -0.3 is 9.13 Å². The van der Waals surface area contributed by atoms with Crippen molar-refractivity contribution in [3.05, 3.63) is 338 Å². The average Bonchev–Trinajstić information content (AvgIpc) is 4.40. The Morgan fingerprint density at radius 1 is 0.210 bits per heavy atom. The molecule has 2 heteroatoms. The molecule has 0 bridgehead atoms. The van der Waals surface area contributed by atoms with Crippen molar-refractivity contribution in [1.29, 1.82) is 0 Å². The van der Waals surface area contributed by atoms with Gasteiger partial charge in [0.15, 0.2) is 0 Å². The molecule has 1 aliphatic rings. The fraction of sp³-hybridized carbons (Fsp3) is 0.0127. The Hall–Kier alpha value is -10.5. The van der Waals surface area contributed by atoms with E-state index in [-0.39, 0.29) is 0 Å². The fourth-order valence-corrected chi connectivity index (χ4v) is 13.6. The van der Waals surface area contributed by atoms with Gasteiger partial charge in [0.25, 0.3) is 0 Å². The summed E-state index contributed by atoms with van der Waals surface area (Å²) in [5.74, 6) is 0. The van der Waals surface area contributed by atoms with Crippen LogP contribution in [0.25, 0.3) is 122 Å². The molecule has 0 N–H and O–H groups in total. The molecule has 0 aliphatic heterocycles. The van der Waals surface area contributed by atoms with Gasteiger partial charge in [0.2, 0.25) is 0 Å². The molecular weight excluding hydrogens is 977 g/mol. The van der Waals surface area contributed by atoms with E-state index in [0.29, 0.717) is 0 Å². The van der Waals surface area contributed by atoms with Crippen LogP contribution in [-0.2, 0) is 5.41 Å². The molecular formula is C79H52N2. The molecule has 81 heavy (non-hydrogen) atoms. The van der Waals surface area contributed by atoms with Crippen LogP contribution >= 0.6 is 0 Å². The summed E-state index contributed by atoms with van der Waals surface area (Å²) < 4.78 is 4.85. The zero-order valence-corrected chi connectivity index (χ0v) is 44.4. The summed E-state index contributed by atoms with van der Waals surface area (Å²) in [7, 11) is 0. The Morgan fingerprint density at radius 3 is 1.21 bits per heavy atom. The lowest BCUT2D eigenvalue weighted by atomic mass is 9.67. The molecule has 0 fully saturated rings. The molecule has 378 valence electrons. The van der Waals surface area contributed by atoms with Crippen molar-refractivity contribution < 1.29 is 0 Å². The Kier molecular flexibility index (Phi) is 10.8. The van der Waals surface area contributed by atoms with Crippen molar-refractivity contribution in [3.63, 3.8) is 0 Å². The van der Waals surface area contributed by atoms with Crippen LogP contribution in [0.1, 0.15) is 22.3 Å². The van der Waals surface area contributed by atoms with Crippen LogP contribution in [0.4, 0.5) is 0 Å². The molecule has 0 unspecified atom stereocenters. The van der Waals surface area contributed by atoms with Crippen molar-refractivity contribution in [2.24, 2.45) is 0 Å². The van der Waals surface area contributed by atoms with Crippen LogP contribution in [0, 0.1) is 0 Å². The maximum atomic E-state index is 2.44. The van der Waals surface area contributed by atoms with Gasteiger partial charge in [0, 0.05) is 32.8 Å². The Labute approximate surface area is 471 Å². The van der Waals surface area contributed by atoms with E-state index in [4.69, 9.17) is 0 Å². The number of hydrogen-bond acceptors (Lipinski definition) is 0. The van der Waals surface area contributed by atoms with Crippen LogP contribution in [0.5, 0.6) is 0 Å². The minimum Gasteiger partial charge on any atom is -0.309 e. The first kappa shape index (κ1) is 46.5. The summed E-state index contributed by atoms with van der Waals surface area (Å²) >= 11 is 0. The first-order chi connectivity index (χ1) is 40.2. The molecule has 0 saturated heterocycles. The first-order valence-corrected chi connectivity index (χ1v) is 28.1. The highest BCUT2D eigenvalue weighted by Gasteiger charge is 2.46. The predicted octanol–water partition coefficient (Wildman–Crippen LogP) is 20.6. The normalized spacial score (nSPS) is 12.5. The Morgan fingerprint density at radius 2 is 0.605 bits per heavy atom. The zero-order chi connectivity index (χ0) is 53.4. The minimum absolute atomic E-state index is 0.433. The second-order valence-electron chi connectivity index (χ2n) is 21.5. The van der Waals surface area contributed by atoms with Crippen LogP contribution in [0.2, 0.25) is 0 Å². The van der Waals surface area contributed by atoms with Crippen LogP contribution < -0.4 is 0 Å². The second-order valence-corrected chi connectivity index (χ2v) is 21.5. The van der Waals surface area contributed by atoms with Crippen LogP contribution in [-0.4, -0.2) is 9.13 Å². The molecule has 0 radical (unpaired) electrons. The van der Waals surface area contributed by atoms with Gasteiger partial charge in [-0.1, -0.05) is 249 Å². The Bertz CT molecular complexity index is 4860. The molecule has 0 amide bonds. The summed E-state index contributed by atoms with van der Waals surface area (Å²) in [6.07, 6.45) is 0. The molecule has 0 spiro atoms. The molecule has 2 heterocycles. The van der Waals surface area contributed by atoms with E-state index in [0.717, 1.165) is 5.69 Å². The van der Waals surface area contributed by atoms with Gasteiger partial charge in [0.05, 0.1) is 33.2 Å². The highest BCUT2D eigenvalue weighted by atomic mass is 15.0. The SMILES string of the molecule is c1ccc(-c2ccccc2-n2c3ccccc3c3cc(-c4ccc5c(c4)c4ccccc4n5-c4ccc(-c5cccc(-c6ccc(-c7cccc(C8(c9ccccc9)c9ccccc9-c9ccccc98)c7)cc6)c5)cc4)ccc32)cc1. The number of nitrogens with zero attached hydrogens (tertiary/aromatic N) is 2. The van der Waals surface area contributed by atoms with Gasteiger partial charge in [-0.05, 0) is 150 Å². The van der Waals surface area contributed by atoms with Crippen molar-refractivity contribution in [1.82, 2.24) is 9.13 Å². The lowest BCUT2D eigenvalue weighted by molar-refractivity contribution is 0.769. The summed E-state index contributed by atoms with van der Waals surface area (Å²) in [6, 6.07) is 116. The zero-order valence-electron chi connectivity index (χ0n) is 44.4. The van der Waals surface area contributed by atoms with E-state index < -0.39 is 5.41 Å². The standard InChI is InChI=1S/C79H52N2/c1-3-19-56(20-4-1)65-27-9-14-34-74(65)81-76-36-16-11-31-69(76)71-52-61(44-48-78(71)81)60-43-47-77-70(51-60)68-30-10-15-35-75(68)80(77)64-45-41-55(42-46-64)58-22-17-21-57(49-58)53-37-39-54(40-38-53)59-23-18-26-63(50-59)79(62-24-5-2-6-25-62)72-32-12-7-28-66(72)67-29-8-13-33-73(67)79/h1-52H. The Balaban J connectivity index is 0.702. The van der Waals surface area contributed by atoms with E-state index in [1.54, 1.807) is 0 Å². The highest BCUT2D eigenvalue weighted by molar-refractivity contribution is 6.13. The highest BCUT2D eigenvalue weighted by Crippen LogP contribution is 2.56. The maximum Gasteiger partial charge on any atom is 0.0713 e. The number of fused-ring (bicyclic) bond motifs is 9. The van der Waals surface area contributed by atoms with Gasteiger partial charge in [-0.25, -0.2) is 0 Å². The first-order valence-electron chi connectivity index (χ1n) is 28.1. The third kappa shape index (κ3) is 7.42. The van der Waals surface area contributed by atoms with Gasteiger partial charge in [-0.3, -0.25) is 0 Å². The minimum atomic E-state index is -0.433. The quantitative estimate of drug-likeness (QED) is 0.136. The summed E-state index contributed by atoms with van der Waals surface area (Å²) in [5, 5.41) is 4.96. The molecule has 13 aromatic carbocycles. The summed E-state index contributed by atoms with van der Waals surface area (Å²) in [4.78, 5) is 0. The van der Waals surface area contributed by atoms with Gasteiger partial charge in [0.1, 0.15) is 0 Å². The molecule has 1 aliphatic carbocycles. The topological polar surface area (TPSA) is 9.86 Å². The largest absolute Gasteiger partial charge is 0.309 e. The van der Waals surface area contributed by atoms with Crippen LogP contribution in [0.3, 0.4) is 0 Å². The second kappa shape index (κ2) is 18.8. The molecule has 2 nitrogen and oxygen atoms in total. The van der Waals surface area contributed by atoms with Crippen LogP contribution in [0.15, 0.2) is 315 Å². The molecule has 0 atom stereocenters. The summed E-state index contributed by atoms with van der Waals surface area (Å²) in [5.41, 5.74) is 26.4. The van der Waals surface area contributed by atoms with E-state index in [9.17, 15) is 0 Å². The molecule has 16 rings (SSSR count). The molecule has 2 aromatic heterocycles. The number of aromatic nitrogens is 2. The van der Waals surface area contributed by atoms with E-state index >= 15 is 0 Å². The van der Waals surface area contributed by atoms with Crippen molar-refractivity contribution in [2.45, 2.75) is 5.41 Å². The molecule has 15 aromatic rings.